The van der Waals surface area contributed by atoms with Gasteiger partial charge in [-0.05, 0) is 187 Å². The van der Waals surface area contributed by atoms with Crippen LogP contribution in [-0.2, 0) is 83.0 Å². The molecule has 14 aromatic carbocycles. The Hall–Kier alpha value is -15.7. The second-order valence-electron chi connectivity index (χ2n) is 31.0. The maximum atomic E-state index is 8.63. The fourth-order valence-electron chi connectivity index (χ4n) is 16.0. The Labute approximate surface area is 854 Å². The summed E-state index contributed by atoms with van der Waals surface area (Å²) in [6.07, 6.45) is 5.36. The van der Waals surface area contributed by atoms with Crippen LogP contribution in [0.4, 0.5) is 0 Å². The minimum absolute atomic E-state index is 0. The largest absolute Gasteiger partial charge is 2.00 e. The second kappa shape index (κ2) is 47.5. The molecule has 14 nitrogen and oxygen atoms in total. The first-order valence-corrected chi connectivity index (χ1v) is 43.8. The first kappa shape index (κ1) is 96.9. The van der Waals surface area contributed by atoms with Crippen molar-refractivity contribution in [3.8, 4) is 102 Å². The van der Waals surface area contributed by atoms with Crippen molar-refractivity contribution in [3.63, 3.8) is 0 Å². The van der Waals surface area contributed by atoms with Crippen LogP contribution in [0.25, 0.3) is 199 Å². The van der Waals surface area contributed by atoms with Crippen LogP contribution >= 0.6 is 0 Å². The molecule has 0 bridgehead atoms. The minimum atomic E-state index is 0. The summed E-state index contributed by atoms with van der Waals surface area (Å²) in [5.41, 5.74) is 23.8. The number of phenols is 2. The number of fused-ring (bicyclic) bond motifs is 14. The van der Waals surface area contributed by atoms with Crippen LogP contribution in [-0.4, -0.2) is 50.1 Å². The molecule has 0 unspecified atom stereocenters. The number of hydrogen-bond acceptors (Lipinski definition) is 10. The predicted octanol–water partition coefficient (Wildman–Crippen LogP) is 28.4. The van der Waals surface area contributed by atoms with Crippen molar-refractivity contribution in [2.45, 2.75) is 0 Å². The van der Waals surface area contributed by atoms with Gasteiger partial charge in [0.25, 0.3) is 0 Å². The Kier molecular flexibility index (Phi) is 33.3. The van der Waals surface area contributed by atoms with Gasteiger partial charge in [-0.15, -0.1) is 61.0 Å². The Morgan fingerprint density at radius 1 is 0.188 bits per heavy atom. The molecule has 12 aromatic heterocycles. The van der Waals surface area contributed by atoms with Gasteiger partial charge in [0.05, 0.1) is 73.8 Å². The first-order valence-electron chi connectivity index (χ1n) is 43.8. The van der Waals surface area contributed by atoms with Crippen LogP contribution in [0.1, 0.15) is 0 Å². The second-order valence-corrected chi connectivity index (χ2v) is 31.0. The van der Waals surface area contributed by atoms with E-state index < -0.39 is 0 Å². The van der Waals surface area contributed by atoms with Crippen LogP contribution in [0.15, 0.2) is 486 Å². The third-order valence-corrected chi connectivity index (χ3v) is 22.3. The minimum Gasteiger partial charge on any atom is -0.656 e. The maximum absolute atomic E-state index is 8.63. The molecule has 18 heteroatoms. The molecule has 26 aromatic rings. The van der Waals surface area contributed by atoms with Crippen LogP contribution in [0.2, 0.25) is 0 Å². The fourth-order valence-corrected chi connectivity index (χ4v) is 16.0. The van der Waals surface area contributed by atoms with Crippen molar-refractivity contribution < 1.29 is 93.2 Å². The zero-order valence-corrected chi connectivity index (χ0v) is 81.4. The van der Waals surface area contributed by atoms with Crippen molar-refractivity contribution >= 4 is 109 Å². The van der Waals surface area contributed by atoms with Crippen LogP contribution in [0.5, 0.6) is 11.5 Å². The monoisotopic (exact) mass is 2320 g/mol. The Morgan fingerprint density at radius 2 is 0.464 bits per heavy atom. The van der Waals surface area contributed by atoms with Gasteiger partial charge in [-0.2, -0.15) is 60.7 Å². The average Bonchev–Trinajstić information content (AvgIpc) is 1.63. The molecular weight excluding hydrogens is 2240 g/mol. The molecule has 0 spiro atoms. The number of phenolic OH excluding ortho intramolecular Hbond substituents is 2. The van der Waals surface area contributed by atoms with E-state index in [2.05, 4.69) is 203 Å². The number of nitrogens with zero attached hydrogens (tertiary/aromatic N) is 12. The number of rotatable bonds is 8. The van der Waals surface area contributed by atoms with Crippen molar-refractivity contribution in [2.75, 3.05) is 0 Å². The summed E-state index contributed by atoms with van der Waals surface area (Å²) < 4.78 is 0. The predicted molar refractivity (Wildman–Crippen MR) is 547 cm³/mol. The van der Waals surface area contributed by atoms with E-state index in [4.69, 9.17) is 55.1 Å². The summed E-state index contributed by atoms with van der Waals surface area (Å²) in [5, 5.41) is 30.3. The molecule has 0 saturated heterocycles. The van der Waals surface area contributed by atoms with E-state index in [1.165, 1.54) is 32.3 Å². The average molecular weight is 2330 g/mol. The molecule has 0 atom stereocenters. The van der Waals surface area contributed by atoms with Gasteiger partial charge in [0, 0.05) is 66.1 Å². The number of benzene rings is 14. The fraction of sp³-hybridized carbons (Fsp3) is 0. The molecule has 0 aliphatic heterocycles. The third kappa shape index (κ3) is 23.1. The van der Waals surface area contributed by atoms with Gasteiger partial charge < -0.3 is 30.1 Å². The number of para-hydroxylation sites is 11. The molecule has 0 aliphatic rings. The summed E-state index contributed by atoms with van der Waals surface area (Å²) in [4.78, 5) is 56.8. The summed E-state index contributed by atoms with van der Waals surface area (Å²) in [7, 11) is 0. The molecule has 138 heavy (non-hydrogen) atoms. The Bertz CT molecular complexity index is 7870. The quantitative estimate of drug-likeness (QED) is 0.107. The van der Waals surface area contributed by atoms with Crippen molar-refractivity contribution in [1.29, 1.82) is 0 Å². The Balaban J connectivity index is 0.000000125. The topological polar surface area (TPSA) is 200 Å². The molecule has 12 heterocycles. The van der Waals surface area contributed by atoms with Gasteiger partial charge in [-0.1, -0.05) is 291 Å². The summed E-state index contributed by atoms with van der Waals surface area (Å²) in [6.45, 7) is 0. The molecule has 0 radical (unpaired) electrons. The van der Waals surface area contributed by atoms with Gasteiger partial charge in [-0.3, -0.25) is 15.0 Å². The molecule has 0 amide bonds. The van der Waals surface area contributed by atoms with Gasteiger partial charge >= 0.3 is 40.8 Å². The van der Waals surface area contributed by atoms with Gasteiger partial charge in [0.2, 0.25) is 0 Å². The van der Waals surface area contributed by atoms with Crippen LogP contribution in [0, 0.1) is 12.1 Å². The molecule has 0 fully saturated rings. The number of aromatic nitrogens is 12. The van der Waals surface area contributed by atoms with E-state index >= 15 is 0 Å². The Morgan fingerprint density at radius 3 is 0.783 bits per heavy atom. The normalized spacial score (nSPS) is 10.4. The molecule has 0 aliphatic carbocycles. The number of aromatic hydroxyl groups is 2. The SMILES string of the molecule is Oc1ccccc1.Oc1ccccc1.[Pd+2].[Pd+2].[Pt].[Pt].[c-]1ccc2ccccc2c1.[c-]1ccccc1.c1cc(-c2ccc3ccccc3n2)nc(-c2cccc3c2[n-]c2ccccc23)c1.c1ccc(-c2cccc(-c3cccc4c3[n-]c3ccccc34)n2)nc1.c1ccc(-c2cccc(-c3cccc4c3[n-]c3ccccc34)n2)nc1.c1ccc(-c2cccc(-c3cccc4c3[n-]c3ccccc34)n2)nc1. The molecule has 0 saturated carbocycles. The van der Waals surface area contributed by atoms with Crippen molar-refractivity contribution in [3.05, 3.63) is 498 Å². The van der Waals surface area contributed by atoms with Crippen LogP contribution in [0.3, 0.4) is 0 Å². The van der Waals surface area contributed by atoms with E-state index in [1.807, 2.05) is 243 Å². The van der Waals surface area contributed by atoms with E-state index in [0.717, 1.165) is 167 Å². The van der Waals surface area contributed by atoms with Crippen molar-refractivity contribution in [1.82, 2.24) is 59.8 Å². The number of pyridine rings is 8. The zero-order chi connectivity index (χ0) is 90.4. The number of hydrogen-bond donors (Lipinski definition) is 2. The summed E-state index contributed by atoms with van der Waals surface area (Å²) >= 11 is 0. The maximum Gasteiger partial charge on any atom is 2.00 e. The molecule has 676 valence electrons. The summed E-state index contributed by atoms with van der Waals surface area (Å²) in [6, 6.07) is 159. The van der Waals surface area contributed by atoms with E-state index in [0.29, 0.717) is 11.5 Å². The third-order valence-electron chi connectivity index (χ3n) is 22.3. The van der Waals surface area contributed by atoms with E-state index in [9.17, 15) is 0 Å². The van der Waals surface area contributed by atoms with E-state index in [-0.39, 0.29) is 83.0 Å². The molecular formula is C120H82N12O2Pd2Pt2-2. The molecule has 26 rings (SSSR count). The van der Waals surface area contributed by atoms with Gasteiger partial charge in [-0.25, -0.2) is 24.9 Å². The van der Waals surface area contributed by atoms with Crippen LogP contribution < -0.4 is 19.9 Å². The standard InChI is InChI=1S/C26H16N3.3C22H14N3.C10H7.2C6H6O.C6H5.2Pd.2Pt/c1-3-11-21-17(7-1)15-16-25(27-21)24-14-6-13-23(28-24)20-10-5-9-19-18-8-2-4-12-22(18)29-26(19)20;3*1-2-10-18-15(7-1)16-8-5-9-17(22(16)25-18)19-12-6-13-21(24-19)20-11-3-4-14-23-20;1-2-6-10-8-4-3-7-9(10)5-1;2*7-6-4-2-1-3-5-6;1-2-4-6-5-3-1;;;;/h1-16H;3*1-14H;1-3,5-8H;2*1-5,7H;1-5H;;;;/q5*-1;;;-1;2*+2;;. The smallest absolute Gasteiger partial charge is 0.656 e. The summed E-state index contributed by atoms with van der Waals surface area (Å²) in [5.74, 6) is 0.644. The van der Waals surface area contributed by atoms with Crippen molar-refractivity contribution in [2.24, 2.45) is 0 Å². The van der Waals surface area contributed by atoms with E-state index in [1.54, 1.807) is 67.1 Å². The zero-order valence-electron chi connectivity index (χ0n) is 73.7. The first-order chi connectivity index (χ1) is 66.3. The van der Waals surface area contributed by atoms with Gasteiger partial charge in [0.15, 0.2) is 0 Å². The van der Waals surface area contributed by atoms with Gasteiger partial charge in [0.1, 0.15) is 11.5 Å². The molecule has 2 N–H and O–H groups in total.